The van der Waals surface area contributed by atoms with Gasteiger partial charge in [0.2, 0.25) is 0 Å². The van der Waals surface area contributed by atoms with E-state index in [0.717, 1.165) is 37.6 Å². The molecule has 0 bridgehead atoms. The fraction of sp³-hybridized carbons (Fsp3) is 0.455. The summed E-state index contributed by atoms with van der Waals surface area (Å²) in [7, 11) is 0. The molecule has 2 unspecified atom stereocenters. The third kappa shape index (κ3) is 8.08. The summed E-state index contributed by atoms with van der Waals surface area (Å²) in [5.41, 5.74) is 2.68. The van der Waals surface area contributed by atoms with Crippen LogP contribution in [0.15, 0.2) is 60.7 Å². The largest absolute Gasteiger partial charge is 0.377 e. The van der Waals surface area contributed by atoms with E-state index in [-0.39, 0.29) is 12.2 Å². The molecule has 0 aliphatic rings. The number of hydrogen-bond acceptors (Lipinski definition) is 3. The van der Waals surface area contributed by atoms with Gasteiger partial charge in [0.05, 0.1) is 12.2 Å². The van der Waals surface area contributed by atoms with Crippen LogP contribution in [0, 0.1) is 0 Å². The predicted octanol–water partition coefficient (Wildman–Crippen LogP) is 5.02. The van der Waals surface area contributed by atoms with Crippen LogP contribution in [0.4, 0.5) is 0 Å². The number of rotatable bonds is 12. The van der Waals surface area contributed by atoms with Crippen molar-refractivity contribution in [2.24, 2.45) is 0 Å². The van der Waals surface area contributed by atoms with Crippen LogP contribution in [0.2, 0.25) is 0 Å². The molecule has 25 heavy (non-hydrogen) atoms. The number of hydrogen-bond donors (Lipinski definition) is 0. The van der Waals surface area contributed by atoms with E-state index in [9.17, 15) is 0 Å². The molecule has 0 radical (unpaired) electrons. The minimum absolute atomic E-state index is 0.261. The molecule has 3 heteroatoms. The van der Waals surface area contributed by atoms with E-state index < -0.39 is 0 Å². The maximum absolute atomic E-state index is 5.94. The molecular weight excluding hydrogens is 328 g/mol. The van der Waals surface area contributed by atoms with E-state index in [0.29, 0.717) is 0 Å². The van der Waals surface area contributed by atoms with Crippen molar-refractivity contribution in [3.05, 3.63) is 71.8 Å². The lowest BCUT2D eigenvalue weighted by atomic mass is 10.1. The van der Waals surface area contributed by atoms with Crippen LogP contribution in [0.3, 0.4) is 0 Å². The van der Waals surface area contributed by atoms with E-state index in [1.807, 2.05) is 11.8 Å². The lowest BCUT2D eigenvalue weighted by Crippen LogP contribution is -2.23. The summed E-state index contributed by atoms with van der Waals surface area (Å²) in [5.74, 6) is 2.00. The molecule has 0 fully saturated rings. The van der Waals surface area contributed by atoms with E-state index >= 15 is 0 Å². The SMILES string of the molecule is CCOC(CSCC(Cc1ccccc1)OCC)Cc1ccccc1. The topological polar surface area (TPSA) is 18.5 Å². The van der Waals surface area contributed by atoms with Crippen LogP contribution in [-0.4, -0.2) is 36.9 Å². The van der Waals surface area contributed by atoms with Crippen molar-refractivity contribution >= 4 is 11.8 Å². The van der Waals surface area contributed by atoms with Crippen molar-refractivity contribution < 1.29 is 9.47 Å². The summed E-state index contributed by atoms with van der Waals surface area (Å²) in [6, 6.07) is 21.2. The second kappa shape index (κ2) is 12.1. The molecule has 2 nitrogen and oxygen atoms in total. The first-order valence-electron chi connectivity index (χ1n) is 9.20. The molecule has 0 aliphatic heterocycles. The van der Waals surface area contributed by atoms with Gasteiger partial charge in [-0.1, -0.05) is 60.7 Å². The lowest BCUT2D eigenvalue weighted by molar-refractivity contribution is 0.0765. The van der Waals surface area contributed by atoms with Crippen molar-refractivity contribution in [2.75, 3.05) is 24.7 Å². The third-order valence-electron chi connectivity index (χ3n) is 4.02. The molecule has 0 saturated heterocycles. The Labute approximate surface area is 156 Å². The Bertz CT molecular complexity index is 507. The van der Waals surface area contributed by atoms with Gasteiger partial charge in [0.15, 0.2) is 0 Å². The van der Waals surface area contributed by atoms with Crippen molar-refractivity contribution in [1.82, 2.24) is 0 Å². The fourth-order valence-corrected chi connectivity index (χ4v) is 3.98. The van der Waals surface area contributed by atoms with Gasteiger partial charge in [-0.3, -0.25) is 0 Å². The summed E-state index contributed by atoms with van der Waals surface area (Å²) >= 11 is 1.94. The molecule has 0 aromatic heterocycles. The highest BCUT2D eigenvalue weighted by atomic mass is 32.2. The minimum Gasteiger partial charge on any atom is -0.377 e. The molecule has 136 valence electrons. The molecule has 0 spiro atoms. The van der Waals surface area contributed by atoms with E-state index in [1.165, 1.54) is 11.1 Å². The maximum Gasteiger partial charge on any atom is 0.0705 e. The Morgan fingerprint density at radius 2 is 1.08 bits per heavy atom. The summed E-state index contributed by atoms with van der Waals surface area (Å²) < 4.78 is 11.9. The van der Waals surface area contributed by atoms with Crippen LogP contribution < -0.4 is 0 Å². The van der Waals surface area contributed by atoms with Gasteiger partial charge in [-0.05, 0) is 37.8 Å². The molecule has 0 aliphatic carbocycles. The first kappa shape index (κ1) is 20.0. The Morgan fingerprint density at radius 1 is 0.680 bits per heavy atom. The van der Waals surface area contributed by atoms with Crippen LogP contribution >= 0.6 is 11.8 Å². The van der Waals surface area contributed by atoms with Gasteiger partial charge < -0.3 is 9.47 Å². The molecule has 2 atom stereocenters. The molecule has 2 rings (SSSR count). The minimum atomic E-state index is 0.261. The van der Waals surface area contributed by atoms with Crippen molar-refractivity contribution in [2.45, 2.75) is 38.9 Å². The summed E-state index contributed by atoms with van der Waals surface area (Å²) in [4.78, 5) is 0. The second-order valence-corrected chi connectivity index (χ2v) is 7.15. The molecule has 2 aromatic rings. The molecule has 0 saturated carbocycles. The Kier molecular flexibility index (Phi) is 9.71. The first-order valence-corrected chi connectivity index (χ1v) is 10.4. The van der Waals surface area contributed by atoms with Crippen LogP contribution in [-0.2, 0) is 22.3 Å². The van der Waals surface area contributed by atoms with Gasteiger partial charge in [0.1, 0.15) is 0 Å². The third-order valence-corrected chi connectivity index (χ3v) is 5.24. The van der Waals surface area contributed by atoms with Crippen molar-refractivity contribution in [3.8, 4) is 0 Å². The van der Waals surface area contributed by atoms with Crippen molar-refractivity contribution in [1.29, 1.82) is 0 Å². The normalized spacial score (nSPS) is 13.5. The quantitative estimate of drug-likeness (QED) is 0.531. The van der Waals surface area contributed by atoms with Crippen LogP contribution in [0.5, 0.6) is 0 Å². The maximum atomic E-state index is 5.94. The Hall–Kier alpha value is -1.29. The van der Waals surface area contributed by atoms with E-state index in [2.05, 4.69) is 74.5 Å². The lowest BCUT2D eigenvalue weighted by Gasteiger charge is -2.20. The summed E-state index contributed by atoms with van der Waals surface area (Å²) in [5, 5.41) is 0. The molecule has 0 amide bonds. The first-order chi connectivity index (χ1) is 12.3. The number of benzene rings is 2. The molecule has 0 heterocycles. The molecular formula is C22H30O2S. The average molecular weight is 359 g/mol. The Morgan fingerprint density at radius 3 is 1.44 bits per heavy atom. The fourth-order valence-electron chi connectivity index (χ4n) is 2.89. The van der Waals surface area contributed by atoms with Gasteiger partial charge in [0.25, 0.3) is 0 Å². The highest BCUT2D eigenvalue weighted by Gasteiger charge is 2.14. The molecule has 0 N–H and O–H groups in total. The summed E-state index contributed by atoms with van der Waals surface area (Å²) in [6.07, 6.45) is 2.46. The zero-order valence-electron chi connectivity index (χ0n) is 15.4. The van der Waals surface area contributed by atoms with Gasteiger partial charge in [-0.25, -0.2) is 0 Å². The number of ether oxygens (including phenoxy) is 2. The van der Waals surface area contributed by atoms with Gasteiger partial charge in [0, 0.05) is 24.7 Å². The van der Waals surface area contributed by atoms with E-state index in [4.69, 9.17) is 9.47 Å². The van der Waals surface area contributed by atoms with Gasteiger partial charge in [-0.2, -0.15) is 11.8 Å². The van der Waals surface area contributed by atoms with E-state index in [1.54, 1.807) is 0 Å². The zero-order valence-corrected chi connectivity index (χ0v) is 16.2. The number of thioether (sulfide) groups is 1. The Balaban J connectivity index is 1.81. The highest BCUT2D eigenvalue weighted by Crippen LogP contribution is 2.16. The van der Waals surface area contributed by atoms with Crippen molar-refractivity contribution in [3.63, 3.8) is 0 Å². The van der Waals surface area contributed by atoms with Gasteiger partial charge in [-0.15, -0.1) is 0 Å². The van der Waals surface area contributed by atoms with Gasteiger partial charge >= 0.3 is 0 Å². The smallest absolute Gasteiger partial charge is 0.0705 e. The predicted molar refractivity (Wildman–Crippen MR) is 108 cm³/mol. The summed E-state index contributed by atoms with van der Waals surface area (Å²) in [6.45, 7) is 5.66. The average Bonchev–Trinajstić information content (AvgIpc) is 2.64. The second-order valence-electron chi connectivity index (χ2n) is 6.07. The van der Waals surface area contributed by atoms with Crippen LogP contribution in [0.1, 0.15) is 25.0 Å². The standard InChI is InChI=1S/C22H30O2S/c1-3-23-21(15-19-11-7-5-8-12-19)17-25-18-22(24-4-2)16-20-13-9-6-10-14-20/h5-14,21-22H,3-4,15-18H2,1-2H3. The highest BCUT2D eigenvalue weighted by molar-refractivity contribution is 7.99. The van der Waals surface area contributed by atoms with Crippen LogP contribution in [0.25, 0.3) is 0 Å². The molecule has 2 aromatic carbocycles. The monoisotopic (exact) mass is 358 g/mol. The zero-order chi connectivity index (χ0) is 17.7.